The number of benzene rings is 2. The molecule has 1 aliphatic heterocycles. The number of hydrogen-bond acceptors (Lipinski definition) is 6. The largest absolute Gasteiger partial charge is 0.497 e. The number of amides is 1. The van der Waals surface area contributed by atoms with Gasteiger partial charge in [0, 0.05) is 44.0 Å². The minimum Gasteiger partial charge on any atom is -0.497 e. The summed E-state index contributed by atoms with van der Waals surface area (Å²) in [6, 6.07) is 17.8. The van der Waals surface area contributed by atoms with E-state index in [2.05, 4.69) is 39.2 Å². The van der Waals surface area contributed by atoms with Crippen molar-refractivity contribution in [2.45, 2.75) is 13.8 Å². The van der Waals surface area contributed by atoms with Crippen molar-refractivity contribution < 1.29 is 9.53 Å². The lowest BCUT2D eigenvalue weighted by Crippen LogP contribution is -2.48. The molecule has 0 spiro atoms. The van der Waals surface area contributed by atoms with E-state index in [1.807, 2.05) is 60.4 Å². The quantitative estimate of drug-likeness (QED) is 0.576. The first-order valence-corrected chi connectivity index (χ1v) is 11.1. The second kappa shape index (κ2) is 10.2. The van der Waals surface area contributed by atoms with E-state index in [0.717, 1.165) is 41.7 Å². The number of anilines is 3. The van der Waals surface area contributed by atoms with Crippen LogP contribution in [0.1, 0.15) is 17.0 Å². The van der Waals surface area contributed by atoms with E-state index in [0.29, 0.717) is 18.9 Å². The van der Waals surface area contributed by atoms with Crippen molar-refractivity contribution in [2.75, 3.05) is 43.5 Å². The lowest BCUT2D eigenvalue weighted by molar-refractivity contribution is -0.126. The summed E-state index contributed by atoms with van der Waals surface area (Å²) in [6.07, 6.45) is 3.47. The Morgan fingerprint density at radius 3 is 2.33 bits per heavy atom. The van der Waals surface area contributed by atoms with Gasteiger partial charge in [0.15, 0.2) is 0 Å². The van der Waals surface area contributed by atoms with Crippen LogP contribution >= 0.6 is 0 Å². The van der Waals surface area contributed by atoms with E-state index >= 15 is 0 Å². The number of aryl methyl sites for hydroxylation is 2. The van der Waals surface area contributed by atoms with Gasteiger partial charge in [0.05, 0.1) is 7.11 Å². The van der Waals surface area contributed by atoms with E-state index in [1.54, 1.807) is 13.2 Å². The van der Waals surface area contributed by atoms with Gasteiger partial charge in [0.25, 0.3) is 0 Å². The molecule has 1 saturated heterocycles. The number of methoxy groups -OCH3 is 1. The fraction of sp³-hybridized carbons (Fsp3) is 0.269. The Morgan fingerprint density at radius 1 is 0.970 bits per heavy atom. The smallest absolute Gasteiger partial charge is 0.246 e. The summed E-state index contributed by atoms with van der Waals surface area (Å²) >= 11 is 0. The molecular weight excluding hydrogens is 414 g/mol. The number of ether oxygens (including phenoxy) is 1. The molecule has 1 fully saturated rings. The lowest BCUT2D eigenvalue weighted by atomic mass is 10.2. The Bertz CT molecular complexity index is 1120. The average Bonchev–Trinajstić information content (AvgIpc) is 2.84. The molecule has 0 saturated carbocycles. The van der Waals surface area contributed by atoms with Gasteiger partial charge in [0.2, 0.25) is 5.91 Å². The first kappa shape index (κ1) is 22.3. The fourth-order valence-electron chi connectivity index (χ4n) is 3.71. The third kappa shape index (κ3) is 5.88. The van der Waals surface area contributed by atoms with Crippen molar-refractivity contribution in [1.29, 1.82) is 0 Å². The van der Waals surface area contributed by atoms with Crippen molar-refractivity contribution in [1.82, 2.24) is 14.9 Å². The summed E-state index contributed by atoms with van der Waals surface area (Å²) in [4.78, 5) is 25.8. The molecule has 2 aromatic carbocycles. The molecule has 33 heavy (non-hydrogen) atoms. The van der Waals surface area contributed by atoms with Gasteiger partial charge in [-0.1, -0.05) is 29.8 Å². The third-order valence-electron chi connectivity index (χ3n) is 5.60. The van der Waals surface area contributed by atoms with Crippen molar-refractivity contribution in [2.24, 2.45) is 0 Å². The molecule has 0 aliphatic carbocycles. The molecule has 1 aromatic heterocycles. The molecule has 4 rings (SSSR count). The molecular formula is C26H29N5O2. The monoisotopic (exact) mass is 443 g/mol. The van der Waals surface area contributed by atoms with Crippen molar-refractivity contribution in [3.8, 4) is 5.75 Å². The number of hydrogen-bond donors (Lipinski definition) is 1. The SMILES string of the molecule is COc1ccc(/C=C/C(=O)N2CCN(c3cc(Nc4ccc(C)cc4)nc(C)n3)CC2)cc1. The van der Waals surface area contributed by atoms with Gasteiger partial charge in [-0.15, -0.1) is 0 Å². The maximum Gasteiger partial charge on any atom is 0.246 e. The number of aromatic nitrogens is 2. The Morgan fingerprint density at radius 2 is 1.67 bits per heavy atom. The maximum absolute atomic E-state index is 12.6. The molecule has 2 heterocycles. The molecule has 1 aliphatic rings. The standard InChI is InChI=1S/C26H29N5O2/c1-19-4-9-22(10-5-19)29-24-18-25(28-20(2)27-24)30-14-16-31(17-15-30)26(32)13-8-21-6-11-23(33-3)12-7-21/h4-13,18H,14-17H2,1-3H3,(H,27,28,29)/b13-8+. The molecule has 1 amide bonds. The molecule has 0 unspecified atom stereocenters. The highest BCUT2D eigenvalue weighted by Gasteiger charge is 2.21. The number of piperazine rings is 1. The van der Waals surface area contributed by atoms with Crippen molar-refractivity contribution in [3.63, 3.8) is 0 Å². The van der Waals surface area contributed by atoms with Gasteiger partial charge in [-0.2, -0.15) is 0 Å². The summed E-state index contributed by atoms with van der Waals surface area (Å²) in [7, 11) is 1.64. The molecule has 1 N–H and O–H groups in total. The average molecular weight is 444 g/mol. The molecule has 170 valence electrons. The highest BCUT2D eigenvalue weighted by Crippen LogP contribution is 2.21. The number of nitrogens with one attached hydrogen (secondary N) is 1. The van der Waals surface area contributed by atoms with E-state index in [-0.39, 0.29) is 5.91 Å². The second-order valence-corrected chi connectivity index (χ2v) is 8.07. The van der Waals surface area contributed by atoms with Crippen molar-refractivity contribution in [3.05, 3.63) is 77.6 Å². The third-order valence-corrected chi connectivity index (χ3v) is 5.60. The highest BCUT2D eigenvalue weighted by molar-refractivity contribution is 5.92. The number of rotatable bonds is 6. The van der Waals surface area contributed by atoms with E-state index in [4.69, 9.17) is 4.74 Å². The van der Waals surface area contributed by atoms with Gasteiger partial charge in [-0.05, 0) is 49.8 Å². The Labute approximate surface area is 194 Å². The number of nitrogens with zero attached hydrogens (tertiary/aromatic N) is 4. The topological polar surface area (TPSA) is 70.6 Å². The summed E-state index contributed by atoms with van der Waals surface area (Å²) < 4.78 is 5.17. The van der Waals surface area contributed by atoms with E-state index < -0.39 is 0 Å². The Balaban J connectivity index is 1.36. The van der Waals surface area contributed by atoms with Crippen LogP contribution in [0.3, 0.4) is 0 Å². The van der Waals surface area contributed by atoms with Crippen LogP contribution in [0, 0.1) is 13.8 Å². The Hall–Kier alpha value is -3.87. The van der Waals surface area contributed by atoms with Gasteiger partial charge in [-0.25, -0.2) is 9.97 Å². The molecule has 0 radical (unpaired) electrons. The lowest BCUT2D eigenvalue weighted by Gasteiger charge is -2.35. The zero-order valence-corrected chi connectivity index (χ0v) is 19.3. The van der Waals surface area contributed by atoms with Gasteiger partial charge in [0.1, 0.15) is 23.2 Å². The van der Waals surface area contributed by atoms with Crippen LogP contribution in [0.25, 0.3) is 6.08 Å². The van der Waals surface area contributed by atoms with Crippen LogP contribution in [0.5, 0.6) is 5.75 Å². The van der Waals surface area contributed by atoms with Gasteiger partial charge in [-0.3, -0.25) is 4.79 Å². The van der Waals surface area contributed by atoms with Crippen LogP contribution in [-0.4, -0.2) is 54.1 Å². The van der Waals surface area contributed by atoms with Gasteiger partial charge < -0.3 is 19.9 Å². The Kier molecular flexibility index (Phi) is 6.88. The summed E-state index contributed by atoms with van der Waals surface area (Å²) in [5.41, 5.74) is 3.17. The molecule has 0 bridgehead atoms. The van der Waals surface area contributed by atoms with E-state index in [1.165, 1.54) is 5.56 Å². The summed E-state index contributed by atoms with van der Waals surface area (Å²) in [5, 5.41) is 3.36. The molecule has 7 nitrogen and oxygen atoms in total. The number of carbonyl (C=O) groups excluding carboxylic acids is 1. The first-order chi connectivity index (χ1) is 16.0. The predicted molar refractivity (Wildman–Crippen MR) is 132 cm³/mol. The second-order valence-electron chi connectivity index (χ2n) is 8.07. The van der Waals surface area contributed by atoms with Crippen molar-refractivity contribution >= 4 is 29.3 Å². The fourth-order valence-corrected chi connectivity index (χ4v) is 3.71. The van der Waals surface area contributed by atoms with Crippen LogP contribution in [-0.2, 0) is 4.79 Å². The van der Waals surface area contributed by atoms with Crippen LogP contribution in [0.15, 0.2) is 60.7 Å². The highest BCUT2D eigenvalue weighted by atomic mass is 16.5. The molecule has 7 heteroatoms. The van der Waals surface area contributed by atoms with Gasteiger partial charge >= 0.3 is 0 Å². The minimum absolute atomic E-state index is 0.0195. The van der Waals surface area contributed by atoms with Crippen LogP contribution < -0.4 is 15.0 Å². The molecule has 0 atom stereocenters. The minimum atomic E-state index is 0.0195. The summed E-state index contributed by atoms with van der Waals surface area (Å²) in [5.74, 6) is 3.17. The molecule has 3 aromatic rings. The predicted octanol–water partition coefficient (Wildman–Crippen LogP) is 4.21. The van der Waals surface area contributed by atoms with Crippen LogP contribution in [0.4, 0.5) is 17.3 Å². The van der Waals surface area contributed by atoms with Crippen LogP contribution in [0.2, 0.25) is 0 Å². The normalized spacial score (nSPS) is 13.9. The summed E-state index contributed by atoms with van der Waals surface area (Å²) in [6.45, 7) is 6.71. The first-order valence-electron chi connectivity index (χ1n) is 11.1. The number of carbonyl (C=O) groups is 1. The zero-order chi connectivity index (χ0) is 23.2. The van der Waals surface area contributed by atoms with E-state index in [9.17, 15) is 4.79 Å². The maximum atomic E-state index is 12.6. The zero-order valence-electron chi connectivity index (χ0n) is 19.3.